The fourth-order valence-corrected chi connectivity index (χ4v) is 2.26. The van der Waals surface area contributed by atoms with Crippen LogP contribution in [0.1, 0.15) is 37.0 Å². The zero-order chi connectivity index (χ0) is 17.6. The van der Waals surface area contributed by atoms with Crippen LogP contribution >= 0.6 is 0 Å². The molecule has 0 aliphatic rings. The van der Waals surface area contributed by atoms with Crippen LogP contribution in [0.4, 0.5) is 0 Å². The molecule has 2 N–H and O–H groups in total. The number of hydrogen-bond acceptors (Lipinski definition) is 4. The van der Waals surface area contributed by atoms with E-state index < -0.39 is 5.54 Å². The molecular formula is C18H22N4O2. The molecule has 0 unspecified atom stereocenters. The Bertz CT molecular complexity index is 697. The summed E-state index contributed by atoms with van der Waals surface area (Å²) in [5.74, 6) is -0.195. The first kappa shape index (κ1) is 17.6. The molecule has 1 aromatic carbocycles. The third-order valence-electron chi connectivity index (χ3n) is 3.75. The minimum absolute atomic E-state index is 0.0354. The second-order valence-electron chi connectivity index (χ2n) is 6.22. The average molecular weight is 326 g/mol. The maximum absolute atomic E-state index is 12.4. The lowest BCUT2D eigenvalue weighted by Crippen LogP contribution is -2.44. The van der Waals surface area contributed by atoms with Crippen molar-refractivity contribution in [1.29, 1.82) is 0 Å². The van der Waals surface area contributed by atoms with Crippen LogP contribution in [0.5, 0.6) is 0 Å². The minimum atomic E-state index is -0.463. The van der Waals surface area contributed by atoms with Crippen molar-refractivity contribution in [1.82, 2.24) is 20.6 Å². The van der Waals surface area contributed by atoms with Gasteiger partial charge < -0.3 is 10.6 Å². The van der Waals surface area contributed by atoms with Crippen LogP contribution in [-0.2, 0) is 4.79 Å². The van der Waals surface area contributed by atoms with E-state index in [0.717, 1.165) is 11.1 Å². The lowest BCUT2D eigenvalue weighted by atomic mass is 9.97. The van der Waals surface area contributed by atoms with E-state index in [0.29, 0.717) is 18.4 Å². The summed E-state index contributed by atoms with van der Waals surface area (Å²) >= 11 is 0. The molecule has 6 heteroatoms. The molecule has 0 saturated carbocycles. The van der Waals surface area contributed by atoms with Gasteiger partial charge in [-0.1, -0.05) is 12.1 Å². The van der Waals surface area contributed by atoms with Crippen LogP contribution in [-0.4, -0.2) is 34.4 Å². The summed E-state index contributed by atoms with van der Waals surface area (Å²) in [4.78, 5) is 31.7. The van der Waals surface area contributed by atoms with Gasteiger partial charge >= 0.3 is 0 Å². The van der Waals surface area contributed by atoms with E-state index in [9.17, 15) is 9.59 Å². The van der Waals surface area contributed by atoms with Crippen molar-refractivity contribution in [3.63, 3.8) is 0 Å². The summed E-state index contributed by atoms with van der Waals surface area (Å²) in [7, 11) is 1.60. The molecular weight excluding hydrogens is 304 g/mol. The summed E-state index contributed by atoms with van der Waals surface area (Å²) in [5.41, 5.74) is 1.96. The van der Waals surface area contributed by atoms with E-state index in [-0.39, 0.29) is 11.8 Å². The van der Waals surface area contributed by atoms with Gasteiger partial charge in [0.2, 0.25) is 5.91 Å². The molecule has 24 heavy (non-hydrogen) atoms. The second kappa shape index (κ2) is 7.68. The Labute approximate surface area is 141 Å². The maximum atomic E-state index is 12.4. The number of nitrogens with one attached hydrogen (secondary N) is 2. The van der Waals surface area contributed by atoms with Gasteiger partial charge in [0.05, 0.1) is 0 Å². The van der Waals surface area contributed by atoms with Crippen molar-refractivity contribution in [3.8, 4) is 11.1 Å². The van der Waals surface area contributed by atoms with Crippen molar-refractivity contribution in [2.45, 2.75) is 32.2 Å². The monoisotopic (exact) mass is 326 g/mol. The molecule has 1 aromatic heterocycles. The van der Waals surface area contributed by atoms with E-state index in [4.69, 9.17) is 0 Å². The quantitative estimate of drug-likeness (QED) is 0.852. The number of carbonyl (C=O) groups is 2. The molecule has 2 aromatic rings. The average Bonchev–Trinajstić information content (AvgIpc) is 2.60. The van der Waals surface area contributed by atoms with Gasteiger partial charge in [-0.05, 0) is 38.0 Å². The molecule has 0 spiro atoms. The summed E-state index contributed by atoms with van der Waals surface area (Å²) in [6.45, 7) is 3.81. The summed E-state index contributed by atoms with van der Waals surface area (Å²) in [5, 5.41) is 5.55. The number of carbonyl (C=O) groups excluding carboxylic acids is 2. The number of hydrogen-bond donors (Lipinski definition) is 2. The largest absolute Gasteiger partial charge is 0.359 e. The van der Waals surface area contributed by atoms with Crippen LogP contribution in [0.2, 0.25) is 0 Å². The summed E-state index contributed by atoms with van der Waals surface area (Å²) in [6.07, 6.45) is 5.87. The first-order chi connectivity index (χ1) is 11.4. The molecule has 0 radical (unpaired) electrons. The smallest absolute Gasteiger partial charge is 0.251 e. The van der Waals surface area contributed by atoms with Crippen LogP contribution in [0.3, 0.4) is 0 Å². The van der Waals surface area contributed by atoms with E-state index in [2.05, 4.69) is 20.6 Å². The Balaban J connectivity index is 2.01. The molecule has 0 aliphatic carbocycles. The predicted octanol–water partition coefficient (Wildman–Crippen LogP) is 2.18. The van der Waals surface area contributed by atoms with Gasteiger partial charge in [0, 0.05) is 42.5 Å². The fourth-order valence-electron chi connectivity index (χ4n) is 2.26. The minimum Gasteiger partial charge on any atom is -0.359 e. The highest BCUT2D eigenvalue weighted by atomic mass is 16.2. The SMILES string of the molecule is CNC(=O)CCC(C)(C)NC(=O)c1ccc(-c2cncnc2)cc1. The third kappa shape index (κ3) is 4.87. The molecule has 0 atom stereocenters. The number of nitrogens with zero attached hydrogens (tertiary/aromatic N) is 2. The standard InChI is InChI=1S/C18H22N4O2/c1-18(2,9-8-16(23)19-3)22-17(24)14-6-4-13(5-7-14)15-10-20-12-21-11-15/h4-7,10-12H,8-9H2,1-3H3,(H,19,23)(H,22,24). The van der Waals surface area contributed by atoms with Crippen molar-refractivity contribution in [2.75, 3.05) is 7.05 Å². The Hall–Kier alpha value is -2.76. The number of rotatable bonds is 6. The third-order valence-corrected chi connectivity index (χ3v) is 3.75. The van der Waals surface area contributed by atoms with Crippen LogP contribution in [0.15, 0.2) is 43.0 Å². The maximum Gasteiger partial charge on any atom is 0.251 e. The summed E-state index contributed by atoms with van der Waals surface area (Å²) < 4.78 is 0. The molecule has 0 aliphatic heterocycles. The molecule has 2 amide bonds. The van der Waals surface area contributed by atoms with Gasteiger partial charge in [0.1, 0.15) is 6.33 Å². The number of benzene rings is 1. The Morgan fingerprint density at radius 3 is 2.25 bits per heavy atom. The normalized spacial score (nSPS) is 11.0. The van der Waals surface area contributed by atoms with Crippen molar-refractivity contribution < 1.29 is 9.59 Å². The summed E-state index contributed by atoms with van der Waals surface area (Å²) in [6, 6.07) is 7.27. The molecule has 6 nitrogen and oxygen atoms in total. The van der Waals surface area contributed by atoms with Gasteiger partial charge in [-0.25, -0.2) is 9.97 Å². The van der Waals surface area contributed by atoms with Crippen LogP contribution < -0.4 is 10.6 Å². The van der Waals surface area contributed by atoms with Crippen LogP contribution in [0, 0.1) is 0 Å². The highest BCUT2D eigenvalue weighted by Crippen LogP contribution is 2.18. The van der Waals surface area contributed by atoms with Crippen LogP contribution in [0.25, 0.3) is 11.1 Å². The first-order valence-corrected chi connectivity index (χ1v) is 7.80. The van der Waals surface area contributed by atoms with E-state index >= 15 is 0 Å². The highest BCUT2D eigenvalue weighted by molar-refractivity contribution is 5.95. The molecule has 126 valence electrons. The second-order valence-corrected chi connectivity index (χ2v) is 6.22. The van der Waals surface area contributed by atoms with E-state index in [1.165, 1.54) is 6.33 Å². The predicted molar refractivity (Wildman–Crippen MR) is 92.3 cm³/mol. The fraction of sp³-hybridized carbons (Fsp3) is 0.333. The van der Waals surface area contributed by atoms with E-state index in [1.54, 1.807) is 31.6 Å². The van der Waals surface area contributed by atoms with Gasteiger partial charge in [0.25, 0.3) is 5.91 Å². The Morgan fingerprint density at radius 1 is 1.04 bits per heavy atom. The molecule has 0 saturated heterocycles. The number of aromatic nitrogens is 2. The van der Waals surface area contributed by atoms with Crippen molar-refractivity contribution in [2.24, 2.45) is 0 Å². The first-order valence-electron chi connectivity index (χ1n) is 7.80. The van der Waals surface area contributed by atoms with Gasteiger partial charge in [0.15, 0.2) is 0 Å². The van der Waals surface area contributed by atoms with Gasteiger partial charge in [-0.3, -0.25) is 9.59 Å². The molecule has 1 heterocycles. The zero-order valence-corrected chi connectivity index (χ0v) is 14.2. The highest BCUT2D eigenvalue weighted by Gasteiger charge is 2.22. The topological polar surface area (TPSA) is 84.0 Å². The number of amides is 2. The van der Waals surface area contributed by atoms with Crippen molar-refractivity contribution >= 4 is 11.8 Å². The lowest BCUT2D eigenvalue weighted by Gasteiger charge is -2.26. The molecule has 0 bridgehead atoms. The molecule has 0 fully saturated rings. The van der Waals surface area contributed by atoms with Crippen molar-refractivity contribution in [3.05, 3.63) is 48.5 Å². The Kier molecular flexibility index (Phi) is 5.63. The lowest BCUT2D eigenvalue weighted by molar-refractivity contribution is -0.121. The zero-order valence-electron chi connectivity index (χ0n) is 14.2. The van der Waals surface area contributed by atoms with Gasteiger partial charge in [-0.2, -0.15) is 0 Å². The Morgan fingerprint density at radius 2 is 1.67 bits per heavy atom. The van der Waals surface area contributed by atoms with Gasteiger partial charge in [-0.15, -0.1) is 0 Å². The molecule has 2 rings (SSSR count). The van der Waals surface area contributed by atoms with E-state index in [1.807, 2.05) is 26.0 Å².